The van der Waals surface area contributed by atoms with Crippen molar-refractivity contribution in [3.8, 4) is 0 Å². The number of benzene rings is 4. The molecule has 2 N–H and O–H groups in total. The molecule has 0 fully saturated rings. The summed E-state index contributed by atoms with van der Waals surface area (Å²) in [5, 5.41) is 5.62. The second kappa shape index (κ2) is 13.0. The van der Waals surface area contributed by atoms with Crippen molar-refractivity contribution in [3.63, 3.8) is 0 Å². The van der Waals surface area contributed by atoms with Crippen LogP contribution in [0.5, 0.6) is 0 Å². The van der Waals surface area contributed by atoms with Gasteiger partial charge in [-0.3, -0.25) is 14.4 Å². The van der Waals surface area contributed by atoms with Crippen LogP contribution < -0.4 is 10.6 Å². The number of hydrogen-bond acceptors (Lipinski definition) is 3. The van der Waals surface area contributed by atoms with Gasteiger partial charge in [-0.2, -0.15) is 0 Å². The first kappa shape index (κ1) is 27.7. The maximum absolute atomic E-state index is 14.0. The van der Waals surface area contributed by atoms with E-state index < -0.39 is 17.6 Å². The molecule has 0 heterocycles. The average molecular weight is 604 g/mol. The SMILES string of the molecule is O=C(Nc1ccc(C(=O)/C=C/c2c(F)cccc2Cl)cc1)/C(=C/c1cccc(Br)c1)NC(=O)c1ccccc1. The fraction of sp³-hybridized carbons (Fsp3) is 0. The van der Waals surface area contributed by atoms with Crippen molar-refractivity contribution in [2.75, 3.05) is 5.32 Å². The van der Waals surface area contributed by atoms with E-state index in [1.54, 1.807) is 54.6 Å². The highest BCUT2D eigenvalue weighted by atomic mass is 79.9. The van der Waals surface area contributed by atoms with Crippen LogP contribution in [0.3, 0.4) is 0 Å². The predicted molar refractivity (Wildman–Crippen MR) is 156 cm³/mol. The number of halogens is 3. The number of rotatable bonds is 8. The summed E-state index contributed by atoms with van der Waals surface area (Å²) in [5.74, 6) is -1.88. The third kappa shape index (κ3) is 7.60. The van der Waals surface area contributed by atoms with Gasteiger partial charge in [0.1, 0.15) is 11.5 Å². The van der Waals surface area contributed by atoms with Gasteiger partial charge in [-0.05, 0) is 84.5 Å². The van der Waals surface area contributed by atoms with Crippen LogP contribution in [0.1, 0.15) is 31.8 Å². The molecule has 0 atom stereocenters. The Morgan fingerprint density at radius 3 is 2.23 bits per heavy atom. The molecule has 0 radical (unpaired) electrons. The first-order valence-electron chi connectivity index (χ1n) is 11.7. The van der Waals surface area contributed by atoms with E-state index in [4.69, 9.17) is 11.6 Å². The molecule has 39 heavy (non-hydrogen) atoms. The molecule has 2 amide bonds. The maximum atomic E-state index is 14.0. The third-order valence-corrected chi connectivity index (χ3v) is 6.34. The summed E-state index contributed by atoms with van der Waals surface area (Å²) in [6.45, 7) is 0. The summed E-state index contributed by atoms with van der Waals surface area (Å²) in [7, 11) is 0. The Balaban J connectivity index is 1.50. The zero-order chi connectivity index (χ0) is 27.8. The van der Waals surface area contributed by atoms with Crippen molar-refractivity contribution < 1.29 is 18.8 Å². The zero-order valence-corrected chi connectivity index (χ0v) is 22.7. The molecule has 0 aliphatic carbocycles. The van der Waals surface area contributed by atoms with E-state index in [1.807, 2.05) is 18.2 Å². The van der Waals surface area contributed by atoms with Crippen LogP contribution in [-0.4, -0.2) is 17.6 Å². The highest BCUT2D eigenvalue weighted by molar-refractivity contribution is 9.10. The van der Waals surface area contributed by atoms with Gasteiger partial charge in [-0.15, -0.1) is 0 Å². The maximum Gasteiger partial charge on any atom is 0.272 e. The fourth-order valence-corrected chi connectivity index (χ4v) is 4.19. The van der Waals surface area contributed by atoms with E-state index in [1.165, 1.54) is 42.5 Å². The molecular weight excluding hydrogens is 583 g/mol. The molecule has 0 bridgehead atoms. The molecule has 0 saturated heterocycles. The lowest BCUT2D eigenvalue weighted by Gasteiger charge is -2.12. The monoisotopic (exact) mass is 602 g/mol. The molecule has 4 aromatic rings. The van der Waals surface area contributed by atoms with Gasteiger partial charge in [0.15, 0.2) is 5.78 Å². The Kier molecular flexibility index (Phi) is 9.20. The van der Waals surface area contributed by atoms with Gasteiger partial charge < -0.3 is 10.6 Å². The summed E-state index contributed by atoms with van der Waals surface area (Å²) in [6, 6.07) is 26.3. The van der Waals surface area contributed by atoms with E-state index in [2.05, 4.69) is 26.6 Å². The van der Waals surface area contributed by atoms with E-state index in [9.17, 15) is 18.8 Å². The van der Waals surface area contributed by atoms with Gasteiger partial charge in [0.25, 0.3) is 11.8 Å². The van der Waals surface area contributed by atoms with Crippen molar-refractivity contribution >= 4 is 63.0 Å². The summed E-state index contributed by atoms with van der Waals surface area (Å²) in [6.07, 6.45) is 4.12. The molecule has 5 nitrogen and oxygen atoms in total. The van der Waals surface area contributed by atoms with Crippen LogP contribution in [0.25, 0.3) is 12.2 Å². The van der Waals surface area contributed by atoms with Gasteiger partial charge in [-0.1, -0.05) is 63.9 Å². The molecule has 4 rings (SSSR count). The summed E-state index contributed by atoms with van der Waals surface area (Å²) >= 11 is 9.41. The van der Waals surface area contributed by atoms with Crippen LogP contribution >= 0.6 is 27.5 Å². The number of allylic oxidation sites excluding steroid dienone is 1. The number of nitrogens with one attached hydrogen (secondary N) is 2. The van der Waals surface area contributed by atoms with E-state index >= 15 is 0 Å². The highest BCUT2D eigenvalue weighted by Gasteiger charge is 2.15. The van der Waals surface area contributed by atoms with Gasteiger partial charge in [0.2, 0.25) is 0 Å². The van der Waals surface area contributed by atoms with E-state index in [0.29, 0.717) is 22.4 Å². The van der Waals surface area contributed by atoms with Crippen molar-refractivity contribution in [1.82, 2.24) is 5.32 Å². The lowest BCUT2D eigenvalue weighted by atomic mass is 10.1. The van der Waals surface area contributed by atoms with Gasteiger partial charge in [-0.25, -0.2) is 4.39 Å². The second-order valence-electron chi connectivity index (χ2n) is 8.30. The predicted octanol–water partition coefficient (Wildman–Crippen LogP) is 7.55. The lowest BCUT2D eigenvalue weighted by molar-refractivity contribution is -0.113. The number of amides is 2. The summed E-state index contributed by atoms with van der Waals surface area (Å²) in [4.78, 5) is 38.5. The van der Waals surface area contributed by atoms with Crippen LogP contribution in [0.4, 0.5) is 10.1 Å². The van der Waals surface area contributed by atoms with Crippen molar-refractivity contribution in [2.45, 2.75) is 0 Å². The highest BCUT2D eigenvalue weighted by Crippen LogP contribution is 2.21. The smallest absolute Gasteiger partial charge is 0.272 e. The zero-order valence-electron chi connectivity index (χ0n) is 20.3. The number of carbonyl (C=O) groups excluding carboxylic acids is 3. The molecule has 0 spiro atoms. The molecule has 0 aliphatic heterocycles. The fourth-order valence-electron chi connectivity index (χ4n) is 3.55. The van der Waals surface area contributed by atoms with Gasteiger partial charge in [0.05, 0.1) is 5.02 Å². The van der Waals surface area contributed by atoms with Crippen molar-refractivity contribution in [2.24, 2.45) is 0 Å². The normalized spacial score (nSPS) is 11.3. The van der Waals surface area contributed by atoms with Crippen LogP contribution in [-0.2, 0) is 4.79 Å². The Morgan fingerprint density at radius 1 is 0.821 bits per heavy atom. The molecule has 0 unspecified atom stereocenters. The summed E-state index contributed by atoms with van der Waals surface area (Å²) in [5.41, 5.74) is 2.00. The number of carbonyl (C=O) groups is 3. The standard InChI is InChI=1S/C31H21BrClFN2O3/c32-23-9-4-6-20(18-23)19-28(36-30(38)22-7-2-1-3-8-22)31(39)35-24-14-12-21(13-15-24)29(37)17-16-25-26(33)10-5-11-27(25)34/h1-19H,(H,35,39)(H,36,38)/b17-16+,28-19-. The second-order valence-corrected chi connectivity index (χ2v) is 9.62. The average Bonchev–Trinajstić information content (AvgIpc) is 2.93. The number of anilines is 1. The Labute approximate surface area is 238 Å². The molecule has 8 heteroatoms. The molecule has 0 aromatic heterocycles. The topological polar surface area (TPSA) is 75.3 Å². The lowest BCUT2D eigenvalue weighted by Crippen LogP contribution is -2.30. The van der Waals surface area contributed by atoms with Crippen LogP contribution in [0.2, 0.25) is 5.02 Å². The molecule has 0 aliphatic rings. The molecule has 4 aromatic carbocycles. The molecule has 0 saturated carbocycles. The Hall–Kier alpha value is -4.33. The third-order valence-electron chi connectivity index (χ3n) is 5.52. The minimum absolute atomic E-state index is 0.0341. The summed E-state index contributed by atoms with van der Waals surface area (Å²) < 4.78 is 14.8. The van der Waals surface area contributed by atoms with Crippen molar-refractivity contribution in [3.05, 3.63) is 146 Å². The number of ketones is 1. The first-order chi connectivity index (χ1) is 18.8. The number of hydrogen-bond donors (Lipinski definition) is 2. The van der Waals surface area contributed by atoms with Gasteiger partial charge in [0, 0.05) is 26.9 Å². The molecular formula is C31H21BrClFN2O3. The minimum Gasteiger partial charge on any atom is -0.321 e. The molecule has 194 valence electrons. The Morgan fingerprint density at radius 2 is 1.54 bits per heavy atom. The van der Waals surface area contributed by atoms with E-state index in [-0.39, 0.29) is 22.1 Å². The van der Waals surface area contributed by atoms with Crippen LogP contribution in [0, 0.1) is 5.82 Å². The van der Waals surface area contributed by atoms with Gasteiger partial charge >= 0.3 is 0 Å². The Bertz CT molecular complexity index is 1570. The van der Waals surface area contributed by atoms with E-state index in [0.717, 1.165) is 4.47 Å². The quantitative estimate of drug-likeness (QED) is 0.161. The van der Waals surface area contributed by atoms with Crippen molar-refractivity contribution in [1.29, 1.82) is 0 Å². The minimum atomic E-state index is -0.549. The largest absolute Gasteiger partial charge is 0.321 e. The first-order valence-corrected chi connectivity index (χ1v) is 12.9. The van der Waals surface area contributed by atoms with Crippen LogP contribution in [0.15, 0.2) is 113 Å².